The number of nitrogens with one attached hydrogen (secondary N) is 2. The van der Waals surface area contributed by atoms with Gasteiger partial charge in [0.15, 0.2) is 0 Å². The van der Waals surface area contributed by atoms with E-state index in [1.165, 1.54) is 12.3 Å². The van der Waals surface area contributed by atoms with Crippen molar-refractivity contribution in [3.05, 3.63) is 99.6 Å². The third-order valence-electron chi connectivity index (χ3n) is 4.46. The Bertz CT molecular complexity index is 1040. The molecule has 0 aliphatic rings. The molecule has 0 saturated carbocycles. The third-order valence-corrected chi connectivity index (χ3v) is 4.71. The highest BCUT2D eigenvalue weighted by Crippen LogP contribution is 2.13. The Morgan fingerprint density at radius 3 is 2.45 bits per heavy atom. The van der Waals surface area contributed by atoms with Crippen molar-refractivity contribution in [2.75, 3.05) is 0 Å². The van der Waals surface area contributed by atoms with E-state index in [0.29, 0.717) is 22.9 Å². The van der Waals surface area contributed by atoms with Crippen LogP contribution >= 0.6 is 11.6 Å². The molecule has 0 atom stereocenters. The minimum absolute atomic E-state index is 0.0946. The number of hydrogen-bond acceptors (Lipinski definition) is 3. The largest absolute Gasteiger partial charge is 0.465 e. The van der Waals surface area contributed by atoms with E-state index in [4.69, 9.17) is 16.0 Å². The standard InChI is InChI=1S/C23H21ClN2O3/c1-15-5-8-18(12-16(15)2)22(27)26-21(13-20-4-3-11-29-20)23(28)25-14-17-6-9-19(24)10-7-17/h3-13H,14H2,1-2H3,(H,25,28)(H,26,27)/b21-13+. The van der Waals surface area contributed by atoms with Crippen LogP contribution in [0.1, 0.15) is 32.8 Å². The minimum atomic E-state index is -0.423. The zero-order valence-electron chi connectivity index (χ0n) is 16.2. The summed E-state index contributed by atoms with van der Waals surface area (Å²) in [6, 6.07) is 16.0. The van der Waals surface area contributed by atoms with Gasteiger partial charge in [0.1, 0.15) is 11.5 Å². The number of halogens is 1. The zero-order chi connectivity index (χ0) is 20.8. The van der Waals surface area contributed by atoms with Crippen LogP contribution in [0.5, 0.6) is 0 Å². The highest BCUT2D eigenvalue weighted by molar-refractivity contribution is 6.30. The Labute approximate surface area is 174 Å². The van der Waals surface area contributed by atoms with E-state index in [1.54, 1.807) is 36.4 Å². The minimum Gasteiger partial charge on any atom is -0.465 e. The summed E-state index contributed by atoms with van der Waals surface area (Å²) in [5.74, 6) is -0.330. The topological polar surface area (TPSA) is 71.3 Å². The molecule has 148 valence electrons. The summed E-state index contributed by atoms with van der Waals surface area (Å²) in [5.41, 5.74) is 3.55. The van der Waals surface area contributed by atoms with Crippen LogP contribution in [-0.2, 0) is 11.3 Å². The molecule has 29 heavy (non-hydrogen) atoms. The Morgan fingerprint density at radius 1 is 1.03 bits per heavy atom. The zero-order valence-corrected chi connectivity index (χ0v) is 16.9. The van der Waals surface area contributed by atoms with Crippen molar-refractivity contribution in [1.82, 2.24) is 10.6 Å². The molecule has 0 radical (unpaired) electrons. The first kappa shape index (κ1) is 20.4. The lowest BCUT2D eigenvalue weighted by Crippen LogP contribution is -2.34. The van der Waals surface area contributed by atoms with E-state index in [0.717, 1.165) is 16.7 Å². The summed E-state index contributed by atoms with van der Waals surface area (Å²) in [7, 11) is 0. The van der Waals surface area contributed by atoms with Crippen LogP contribution in [0.15, 0.2) is 71.0 Å². The van der Waals surface area contributed by atoms with Crippen LogP contribution in [0.4, 0.5) is 0 Å². The second-order valence-electron chi connectivity index (χ2n) is 6.64. The van der Waals surface area contributed by atoms with Gasteiger partial charge in [-0.15, -0.1) is 0 Å². The second-order valence-corrected chi connectivity index (χ2v) is 7.07. The molecule has 2 amide bonds. The van der Waals surface area contributed by atoms with E-state index in [9.17, 15) is 9.59 Å². The van der Waals surface area contributed by atoms with Gasteiger partial charge in [-0.2, -0.15) is 0 Å². The third kappa shape index (κ3) is 5.59. The average molecular weight is 409 g/mol. The molecule has 5 nitrogen and oxygen atoms in total. The van der Waals surface area contributed by atoms with Crippen LogP contribution in [0.2, 0.25) is 5.02 Å². The van der Waals surface area contributed by atoms with Crippen LogP contribution < -0.4 is 10.6 Å². The lowest BCUT2D eigenvalue weighted by Gasteiger charge is -2.12. The average Bonchev–Trinajstić information content (AvgIpc) is 3.22. The molecule has 1 aromatic heterocycles. The number of carbonyl (C=O) groups excluding carboxylic acids is 2. The van der Waals surface area contributed by atoms with Crippen molar-refractivity contribution in [2.24, 2.45) is 0 Å². The first-order chi connectivity index (χ1) is 13.9. The van der Waals surface area contributed by atoms with Gasteiger partial charge in [0.25, 0.3) is 11.8 Å². The summed E-state index contributed by atoms with van der Waals surface area (Å²) in [4.78, 5) is 25.4. The van der Waals surface area contributed by atoms with E-state index >= 15 is 0 Å². The second kappa shape index (κ2) is 9.26. The first-order valence-corrected chi connectivity index (χ1v) is 9.46. The van der Waals surface area contributed by atoms with E-state index in [2.05, 4.69) is 10.6 Å². The SMILES string of the molecule is Cc1ccc(C(=O)N/C(=C/c2ccco2)C(=O)NCc2ccc(Cl)cc2)cc1C. The molecule has 6 heteroatoms. The molecule has 2 aromatic carbocycles. The number of furan rings is 1. The van der Waals surface area contributed by atoms with Gasteiger partial charge in [-0.25, -0.2) is 0 Å². The van der Waals surface area contributed by atoms with Crippen LogP contribution in [-0.4, -0.2) is 11.8 Å². The summed E-state index contributed by atoms with van der Waals surface area (Å²) in [6.45, 7) is 4.21. The molecule has 2 N–H and O–H groups in total. The number of carbonyl (C=O) groups is 2. The van der Waals surface area contributed by atoms with Crippen molar-refractivity contribution >= 4 is 29.5 Å². The summed E-state index contributed by atoms with van der Waals surface area (Å²) in [5, 5.41) is 6.12. The molecule has 0 aliphatic carbocycles. The summed E-state index contributed by atoms with van der Waals surface area (Å²) >= 11 is 5.89. The molecular weight excluding hydrogens is 388 g/mol. The number of aryl methyl sites for hydroxylation is 2. The molecule has 0 bridgehead atoms. The van der Waals surface area contributed by atoms with Crippen molar-refractivity contribution in [2.45, 2.75) is 20.4 Å². The van der Waals surface area contributed by atoms with Gasteiger partial charge in [-0.1, -0.05) is 29.8 Å². The molecule has 0 saturated heterocycles. The van der Waals surface area contributed by atoms with Gasteiger partial charge in [0, 0.05) is 23.2 Å². The number of benzene rings is 2. The van der Waals surface area contributed by atoms with Gasteiger partial charge in [-0.3, -0.25) is 9.59 Å². The highest BCUT2D eigenvalue weighted by atomic mass is 35.5. The lowest BCUT2D eigenvalue weighted by atomic mass is 10.1. The van der Waals surface area contributed by atoms with Crippen molar-refractivity contribution < 1.29 is 14.0 Å². The fourth-order valence-corrected chi connectivity index (χ4v) is 2.76. The predicted octanol–water partition coefficient (Wildman–Crippen LogP) is 4.64. The predicted molar refractivity (Wildman–Crippen MR) is 113 cm³/mol. The van der Waals surface area contributed by atoms with Gasteiger partial charge in [0.2, 0.25) is 0 Å². The maximum Gasteiger partial charge on any atom is 0.268 e. The Hall–Kier alpha value is -3.31. The highest BCUT2D eigenvalue weighted by Gasteiger charge is 2.15. The molecule has 0 fully saturated rings. The Kier molecular flexibility index (Phi) is 6.52. The van der Waals surface area contributed by atoms with Gasteiger partial charge in [0.05, 0.1) is 6.26 Å². The number of amides is 2. The molecular formula is C23H21ClN2O3. The van der Waals surface area contributed by atoms with Crippen LogP contribution in [0, 0.1) is 13.8 Å². The van der Waals surface area contributed by atoms with Crippen LogP contribution in [0.25, 0.3) is 6.08 Å². The maximum atomic E-state index is 12.7. The van der Waals surface area contributed by atoms with E-state index in [1.807, 2.05) is 32.0 Å². The molecule has 3 rings (SSSR count). The van der Waals surface area contributed by atoms with Crippen molar-refractivity contribution in [1.29, 1.82) is 0 Å². The van der Waals surface area contributed by atoms with Crippen molar-refractivity contribution in [3.8, 4) is 0 Å². The van der Waals surface area contributed by atoms with Gasteiger partial charge in [-0.05, 0) is 66.9 Å². The molecule has 1 heterocycles. The fourth-order valence-electron chi connectivity index (χ4n) is 2.63. The molecule has 0 aliphatic heterocycles. The summed E-state index contributed by atoms with van der Waals surface area (Å²) in [6.07, 6.45) is 3.00. The van der Waals surface area contributed by atoms with E-state index in [-0.39, 0.29) is 11.6 Å². The fraction of sp³-hybridized carbons (Fsp3) is 0.130. The van der Waals surface area contributed by atoms with Gasteiger partial charge >= 0.3 is 0 Å². The number of rotatable bonds is 6. The molecule has 0 spiro atoms. The smallest absolute Gasteiger partial charge is 0.268 e. The number of hydrogen-bond donors (Lipinski definition) is 2. The summed E-state index contributed by atoms with van der Waals surface area (Å²) < 4.78 is 5.29. The molecule has 0 unspecified atom stereocenters. The van der Waals surface area contributed by atoms with E-state index < -0.39 is 5.91 Å². The molecule has 3 aromatic rings. The quantitative estimate of drug-likeness (QED) is 0.584. The van der Waals surface area contributed by atoms with Crippen LogP contribution in [0.3, 0.4) is 0 Å². The Balaban J connectivity index is 1.76. The monoisotopic (exact) mass is 408 g/mol. The normalized spacial score (nSPS) is 11.2. The Morgan fingerprint density at radius 2 is 1.79 bits per heavy atom. The first-order valence-electron chi connectivity index (χ1n) is 9.09. The lowest BCUT2D eigenvalue weighted by molar-refractivity contribution is -0.117. The van der Waals surface area contributed by atoms with Crippen molar-refractivity contribution in [3.63, 3.8) is 0 Å². The van der Waals surface area contributed by atoms with Gasteiger partial charge < -0.3 is 15.1 Å². The maximum absolute atomic E-state index is 12.7.